The largest absolute Gasteiger partial charge is 0.347 e. The predicted molar refractivity (Wildman–Crippen MR) is 67.9 cm³/mol. The Bertz CT molecular complexity index is 429. The smallest absolute Gasteiger partial charge is 0.282 e. The highest BCUT2D eigenvalue weighted by atomic mass is 16.6. The maximum absolute atomic E-state index is 11.8. The van der Waals surface area contributed by atoms with E-state index in [1.807, 2.05) is 13.8 Å². The van der Waals surface area contributed by atoms with E-state index in [9.17, 15) is 14.9 Å². The number of nitro groups is 1. The molecule has 0 saturated carbocycles. The van der Waals surface area contributed by atoms with Crippen molar-refractivity contribution in [1.82, 2.24) is 0 Å². The Balaban J connectivity index is 2.62. The Kier molecular flexibility index (Phi) is 4.79. The van der Waals surface area contributed by atoms with E-state index >= 15 is 0 Å². The zero-order chi connectivity index (χ0) is 13.7. The number of benzene rings is 1. The Morgan fingerprint density at radius 3 is 2.39 bits per heavy atom. The van der Waals surface area contributed by atoms with Crippen LogP contribution in [0.2, 0.25) is 0 Å². The van der Waals surface area contributed by atoms with E-state index in [0.717, 1.165) is 0 Å². The van der Waals surface area contributed by atoms with Crippen LogP contribution in [0.25, 0.3) is 0 Å². The number of nitrogens with zero attached hydrogens (tertiary/aromatic N) is 1. The molecule has 1 amide bonds. The molecule has 1 rings (SSSR count). The molecule has 0 aliphatic rings. The van der Waals surface area contributed by atoms with Gasteiger partial charge in [0.1, 0.15) is 0 Å². The van der Waals surface area contributed by atoms with Gasteiger partial charge in [-0.2, -0.15) is 0 Å². The number of carbonyl (C=O) groups is 1. The fraction of sp³-hybridized carbons (Fsp3) is 0.417. The van der Waals surface area contributed by atoms with Gasteiger partial charge in [0.05, 0.1) is 4.92 Å². The van der Waals surface area contributed by atoms with Gasteiger partial charge in [-0.15, -0.1) is 0 Å². The second-order valence-electron chi connectivity index (χ2n) is 4.62. The summed E-state index contributed by atoms with van der Waals surface area (Å²) in [4.78, 5) is 21.8. The quantitative estimate of drug-likeness (QED) is 0.608. The number of non-ortho nitro benzene ring substituents is 1. The first-order valence-electron chi connectivity index (χ1n) is 5.78. The lowest BCUT2D eigenvalue weighted by molar-refractivity contribution is -0.405. The molecule has 1 aromatic rings. The van der Waals surface area contributed by atoms with Crippen LogP contribution < -0.4 is 11.1 Å². The van der Waals surface area contributed by atoms with E-state index in [4.69, 9.17) is 0 Å². The van der Waals surface area contributed by atoms with E-state index in [2.05, 4.69) is 11.1 Å². The molecule has 0 radical (unpaired) electrons. The van der Waals surface area contributed by atoms with Crippen LogP contribution in [-0.2, 0) is 4.79 Å². The molecule has 0 aliphatic carbocycles. The second-order valence-corrected chi connectivity index (χ2v) is 4.62. The van der Waals surface area contributed by atoms with Gasteiger partial charge in [0, 0.05) is 24.2 Å². The van der Waals surface area contributed by atoms with Crippen molar-refractivity contribution in [2.75, 3.05) is 5.32 Å². The third-order valence-corrected chi connectivity index (χ3v) is 2.47. The number of hydrogen-bond acceptors (Lipinski definition) is 3. The molecule has 18 heavy (non-hydrogen) atoms. The summed E-state index contributed by atoms with van der Waals surface area (Å²) in [6.07, 6.45) is 0.707. The van der Waals surface area contributed by atoms with Gasteiger partial charge in [0.2, 0.25) is 0 Å². The first-order chi connectivity index (χ1) is 8.40. The van der Waals surface area contributed by atoms with E-state index in [1.165, 1.54) is 24.3 Å². The zero-order valence-electron chi connectivity index (χ0n) is 10.6. The molecule has 0 fully saturated rings. The standard InChI is InChI=1S/C12H17N3O3/c1-8(2)7-11(13)12(16)14-9-3-5-10(6-4-9)15(17)18/h3-6,8,11H,7,13H2,1-2H3,(H,14,16)/p+1/t11-/m0/s1. The lowest BCUT2D eigenvalue weighted by atomic mass is 10.0. The van der Waals surface area contributed by atoms with Crippen LogP contribution in [0.5, 0.6) is 0 Å². The van der Waals surface area contributed by atoms with Crippen molar-refractivity contribution in [3.05, 3.63) is 34.4 Å². The molecule has 0 aliphatic heterocycles. The Morgan fingerprint density at radius 1 is 1.39 bits per heavy atom. The monoisotopic (exact) mass is 252 g/mol. The minimum atomic E-state index is -0.478. The number of nitrogens with one attached hydrogen (secondary N) is 1. The van der Waals surface area contributed by atoms with Gasteiger partial charge >= 0.3 is 0 Å². The number of quaternary nitrogens is 1. The molecule has 0 bridgehead atoms. The molecule has 6 heteroatoms. The fourth-order valence-corrected chi connectivity index (χ4v) is 1.59. The first kappa shape index (κ1) is 14.1. The molecule has 6 nitrogen and oxygen atoms in total. The third kappa shape index (κ3) is 4.14. The number of hydrogen-bond donors (Lipinski definition) is 2. The van der Waals surface area contributed by atoms with E-state index in [1.54, 1.807) is 0 Å². The van der Waals surface area contributed by atoms with Crippen molar-refractivity contribution in [3.63, 3.8) is 0 Å². The van der Waals surface area contributed by atoms with Crippen LogP contribution in [0.1, 0.15) is 20.3 Å². The second kappa shape index (κ2) is 6.11. The lowest BCUT2D eigenvalue weighted by Gasteiger charge is -2.11. The summed E-state index contributed by atoms with van der Waals surface area (Å²) in [5.41, 5.74) is 4.35. The summed E-state index contributed by atoms with van der Waals surface area (Å²) in [5.74, 6) is 0.229. The molecule has 0 spiro atoms. The molecule has 0 unspecified atom stereocenters. The van der Waals surface area contributed by atoms with Crippen LogP contribution in [-0.4, -0.2) is 16.9 Å². The summed E-state index contributed by atoms with van der Waals surface area (Å²) in [6, 6.07) is 5.42. The number of carbonyl (C=O) groups excluding carboxylic acids is 1. The zero-order valence-corrected chi connectivity index (χ0v) is 10.6. The first-order valence-corrected chi connectivity index (χ1v) is 5.78. The van der Waals surface area contributed by atoms with Crippen molar-refractivity contribution in [1.29, 1.82) is 0 Å². The lowest BCUT2D eigenvalue weighted by Crippen LogP contribution is -2.66. The Morgan fingerprint density at radius 2 is 1.94 bits per heavy atom. The molecule has 1 atom stereocenters. The Labute approximate surface area is 105 Å². The molecule has 1 aromatic carbocycles. The number of nitro benzene ring substituents is 1. The van der Waals surface area contributed by atoms with Crippen molar-refractivity contribution in [2.45, 2.75) is 26.3 Å². The van der Waals surface area contributed by atoms with Crippen LogP contribution in [0, 0.1) is 16.0 Å². The van der Waals surface area contributed by atoms with Gasteiger partial charge in [-0.3, -0.25) is 14.9 Å². The summed E-state index contributed by atoms with van der Waals surface area (Å²) in [6.45, 7) is 4.05. The van der Waals surface area contributed by atoms with Crippen molar-refractivity contribution in [3.8, 4) is 0 Å². The van der Waals surface area contributed by atoms with Gasteiger partial charge < -0.3 is 11.1 Å². The highest BCUT2D eigenvalue weighted by Gasteiger charge is 2.18. The van der Waals surface area contributed by atoms with Crippen molar-refractivity contribution in [2.24, 2.45) is 5.92 Å². The van der Waals surface area contributed by atoms with Crippen molar-refractivity contribution >= 4 is 17.3 Å². The van der Waals surface area contributed by atoms with Crippen LogP contribution in [0.3, 0.4) is 0 Å². The number of anilines is 1. The van der Waals surface area contributed by atoms with Crippen LogP contribution >= 0.6 is 0 Å². The summed E-state index contributed by atoms with van der Waals surface area (Å²) in [5, 5.41) is 13.2. The summed E-state index contributed by atoms with van der Waals surface area (Å²) < 4.78 is 0. The normalized spacial score (nSPS) is 12.2. The summed E-state index contributed by atoms with van der Waals surface area (Å²) >= 11 is 0. The third-order valence-electron chi connectivity index (χ3n) is 2.47. The average molecular weight is 252 g/mol. The van der Waals surface area contributed by atoms with E-state index in [-0.39, 0.29) is 17.6 Å². The van der Waals surface area contributed by atoms with E-state index in [0.29, 0.717) is 18.0 Å². The average Bonchev–Trinajstić information content (AvgIpc) is 2.28. The minimum absolute atomic E-state index is 0.00125. The molecule has 0 heterocycles. The minimum Gasteiger partial charge on any atom is -0.347 e. The predicted octanol–water partition coefficient (Wildman–Crippen LogP) is 1.19. The van der Waals surface area contributed by atoms with Gasteiger partial charge in [0.15, 0.2) is 6.04 Å². The molecule has 0 saturated heterocycles. The van der Waals surface area contributed by atoms with Gasteiger partial charge in [-0.1, -0.05) is 13.8 Å². The summed E-state index contributed by atoms with van der Waals surface area (Å²) in [7, 11) is 0. The topological polar surface area (TPSA) is 99.9 Å². The van der Waals surface area contributed by atoms with Crippen LogP contribution in [0.4, 0.5) is 11.4 Å². The number of rotatable bonds is 5. The van der Waals surface area contributed by atoms with E-state index < -0.39 is 4.92 Å². The van der Waals surface area contributed by atoms with Gasteiger partial charge in [0.25, 0.3) is 11.6 Å². The van der Waals surface area contributed by atoms with Crippen molar-refractivity contribution < 1.29 is 15.5 Å². The Hall–Kier alpha value is -1.95. The maximum atomic E-state index is 11.8. The molecular weight excluding hydrogens is 234 g/mol. The van der Waals surface area contributed by atoms with Crippen LogP contribution in [0.15, 0.2) is 24.3 Å². The highest BCUT2D eigenvalue weighted by molar-refractivity contribution is 5.93. The maximum Gasteiger partial charge on any atom is 0.282 e. The molecule has 0 aromatic heterocycles. The SMILES string of the molecule is CC(C)C[C@H]([NH3+])C(=O)Nc1ccc([N+](=O)[O-])cc1. The molecule has 4 N–H and O–H groups in total. The molecular formula is C12H18N3O3+. The fourth-order valence-electron chi connectivity index (χ4n) is 1.59. The highest BCUT2D eigenvalue weighted by Crippen LogP contribution is 2.15. The molecule has 98 valence electrons. The van der Waals surface area contributed by atoms with Gasteiger partial charge in [-0.05, 0) is 18.1 Å². The number of amides is 1. The van der Waals surface area contributed by atoms with Gasteiger partial charge in [-0.25, -0.2) is 0 Å².